The van der Waals surface area contributed by atoms with Crippen molar-refractivity contribution in [3.8, 4) is 0 Å². The van der Waals surface area contributed by atoms with Gasteiger partial charge in [0.25, 0.3) is 0 Å². The van der Waals surface area contributed by atoms with Crippen molar-refractivity contribution >= 4 is 21.7 Å². The zero-order chi connectivity index (χ0) is 19.5. The van der Waals surface area contributed by atoms with Gasteiger partial charge in [-0.05, 0) is 43.9 Å². The van der Waals surface area contributed by atoms with E-state index in [0.717, 1.165) is 5.56 Å². The first-order valence-electron chi connectivity index (χ1n) is 8.50. The number of methoxy groups -OCH3 is 1. The molecule has 2 rings (SSSR count). The summed E-state index contributed by atoms with van der Waals surface area (Å²) >= 11 is 0. The fraction of sp³-hybridized carbons (Fsp3) is 0.556. The van der Waals surface area contributed by atoms with Crippen molar-refractivity contribution in [3.63, 3.8) is 0 Å². The van der Waals surface area contributed by atoms with Crippen LogP contribution in [0.3, 0.4) is 0 Å². The van der Waals surface area contributed by atoms with E-state index in [4.69, 9.17) is 4.74 Å². The molecule has 1 atom stereocenters. The quantitative estimate of drug-likeness (QED) is 0.740. The summed E-state index contributed by atoms with van der Waals surface area (Å²) in [5.74, 6) is -2.03. The van der Waals surface area contributed by atoms with Crippen LogP contribution in [-0.4, -0.2) is 49.9 Å². The van der Waals surface area contributed by atoms with Gasteiger partial charge in [0.1, 0.15) is 0 Å². The Morgan fingerprint density at radius 3 is 2.42 bits per heavy atom. The second-order valence-electron chi connectivity index (χ2n) is 6.79. The minimum absolute atomic E-state index is 0.133. The lowest BCUT2D eigenvalue weighted by molar-refractivity contribution is -0.143. The van der Waals surface area contributed by atoms with Gasteiger partial charge in [-0.25, -0.2) is 13.2 Å². The molecule has 1 amide bonds. The first-order chi connectivity index (χ1) is 12.2. The molecule has 144 valence electrons. The first-order valence-corrected chi connectivity index (χ1v) is 9.98. The van der Waals surface area contributed by atoms with E-state index >= 15 is 0 Å². The van der Waals surface area contributed by atoms with Crippen molar-refractivity contribution in [1.29, 1.82) is 0 Å². The maximum Gasteiger partial charge on any atom is 0.328 e. The molecule has 8 heteroatoms. The third kappa shape index (κ3) is 3.61. The van der Waals surface area contributed by atoms with Gasteiger partial charge in [-0.3, -0.25) is 4.79 Å². The monoisotopic (exact) mass is 383 g/mol. The smallest absolute Gasteiger partial charge is 0.328 e. The number of amides is 1. The highest BCUT2D eigenvalue weighted by Crippen LogP contribution is 2.41. The number of aliphatic carboxylic acids is 1. The molecule has 0 spiro atoms. The third-order valence-electron chi connectivity index (χ3n) is 4.91. The first kappa shape index (κ1) is 20.4. The summed E-state index contributed by atoms with van der Waals surface area (Å²) in [5.41, 5.74) is 1.35. The summed E-state index contributed by atoms with van der Waals surface area (Å²) < 4.78 is 30.1. The van der Waals surface area contributed by atoms with Gasteiger partial charge in [-0.2, -0.15) is 0 Å². The number of carbonyl (C=O) groups is 2. The summed E-state index contributed by atoms with van der Waals surface area (Å²) in [5, 5.41) is 11.6. The molecule has 0 aliphatic heterocycles. The van der Waals surface area contributed by atoms with E-state index in [1.165, 1.54) is 7.11 Å². The predicted octanol–water partition coefficient (Wildman–Crippen LogP) is 1.61. The Bertz CT molecular complexity index is 796. The lowest BCUT2D eigenvalue weighted by atomic mass is 10.1. The number of nitrogens with one attached hydrogen (secondary N) is 1. The Kier molecular flexibility index (Phi) is 6.08. The molecule has 1 aliphatic carbocycles. The number of carbonyl (C=O) groups excluding carboxylic acids is 1. The summed E-state index contributed by atoms with van der Waals surface area (Å²) in [6.07, 6.45) is 1.54. The molecule has 1 aliphatic rings. The van der Waals surface area contributed by atoms with Crippen LogP contribution in [0.5, 0.6) is 0 Å². The Morgan fingerprint density at radius 1 is 1.27 bits per heavy atom. The van der Waals surface area contributed by atoms with E-state index in [9.17, 15) is 23.1 Å². The van der Waals surface area contributed by atoms with Crippen molar-refractivity contribution in [2.45, 2.75) is 55.2 Å². The summed E-state index contributed by atoms with van der Waals surface area (Å²) in [4.78, 5) is 24.4. The van der Waals surface area contributed by atoms with Crippen LogP contribution < -0.4 is 5.32 Å². The third-order valence-corrected chi connectivity index (χ3v) is 7.55. The van der Waals surface area contributed by atoms with Crippen LogP contribution in [0, 0.1) is 13.8 Å². The van der Waals surface area contributed by atoms with Gasteiger partial charge in [0, 0.05) is 7.11 Å². The van der Waals surface area contributed by atoms with E-state index in [2.05, 4.69) is 5.32 Å². The highest BCUT2D eigenvalue weighted by atomic mass is 32.2. The molecule has 2 N–H and O–H groups in total. The number of carboxylic acid groups (broad SMARTS) is 1. The van der Waals surface area contributed by atoms with Crippen LogP contribution >= 0.6 is 0 Å². The Hall–Kier alpha value is -1.93. The number of hydrogen-bond donors (Lipinski definition) is 2. The van der Waals surface area contributed by atoms with Crippen LogP contribution in [0.2, 0.25) is 0 Å². The molecule has 0 bridgehead atoms. The Balaban J connectivity index is 2.47. The minimum Gasteiger partial charge on any atom is -0.480 e. The van der Waals surface area contributed by atoms with Gasteiger partial charge < -0.3 is 15.2 Å². The lowest BCUT2D eigenvalue weighted by Gasteiger charge is -2.29. The zero-order valence-corrected chi connectivity index (χ0v) is 16.1. The molecule has 1 unspecified atom stereocenters. The maximum absolute atomic E-state index is 13.4. The van der Waals surface area contributed by atoms with E-state index in [1.54, 1.807) is 26.0 Å². The number of ether oxygens (including phenoxy) is 1. The number of rotatable bonds is 7. The van der Waals surface area contributed by atoms with Crippen molar-refractivity contribution in [2.75, 3.05) is 13.7 Å². The van der Waals surface area contributed by atoms with Crippen molar-refractivity contribution in [1.82, 2.24) is 5.32 Å². The van der Waals surface area contributed by atoms with Crippen LogP contribution in [0.1, 0.15) is 36.8 Å². The molecular weight excluding hydrogens is 358 g/mol. The van der Waals surface area contributed by atoms with Crippen molar-refractivity contribution in [2.24, 2.45) is 0 Å². The van der Waals surface area contributed by atoms with Crippen LogP contribution in [0.25, 0.3) is 0 Å². The standard InChI is InChI=1S/C18H25NO6S/c1-12-6-7-13(2)15(10-12)26(23,24)18(8-4-5-9-18)17(22)19-14(11-25-3)16(20)21/h6-7,10,14H,4-5,8-9,11H2,1-3H3,(H,19,22)(H,20,21). The SMILES string of the molecule is COCC(NC(=O)C1(S(=O)(=O)c2cc(C)ccc2C)CCCC1)C(=O)O. The molecule has 0 heterocycles. The average Bonchev–Trinajstić information content (AvgIpc) is 3.08. The van der Waals surface area contributed by atoms with Gasteiger partial charge in [0.05, 0.1) is 11.5 Å². The summed E-state index contributed by atoms with van der Waals surface area (Å²) in [7, 11) is -2.67. The van der Waals surface area contributed by atoms with Gasteiger partial charge in [0.15, 0.2) is 20.6 Å². The number of hydrogen-bond acceptors (Lipinski definition) is 5. The highest BCUT2D eigenvalue weighted by Gasteiger charge is 2.53. The molecule has 1 saturated carbocycles. The van der Waals surface area contributed by atoms with Crippen LogP contribution in [0.4, 0.5) is 0 Å². The van der Waals surface area contributed by atoms with E-state index in [0.29, 0.717) is 18.4 Å². The van der Waals surface area contributed by atoms with Crippen molar-refractivity contribution < 1.29 is 27.9 Å². The minimum atomic E-state index is -3.98. The average molecular weight is 383 g/mol. The second kappa shape index (κ2) is 7.75. The van der Waals surface area contributed by atoms with Crippen molar-refractivity contribution in [3.05, 3.63) is 29.3 Å². The normalized spacial score (nSPS) is 17.7. The van der Waals surface area contributed by atoms with Gasteiger partial charge in [0.2, 0.25) is 5.91 Å². The maximum atomic E-state index is 13.4. The number of carboxylic acids is 1. The number of sulfone groups is 1. The fourth-order valence-corrected chi connectivity index (χ4v) is 5.79. The second-order valence-corrected chi connectivity index (χ2v) is 9.02. The van der Waals surface area contributed by atoms with Gasteiger partial charge >= 0.3 is 5.97 Å². The molecule has 0 aromatic heterocycles. The van der Waals surface area contributed by atoms with Gasteiger partial charge in [-0.1, -0.05) is 25.0 Å². The summed E-state index contributed by atoms with van der Waals surface area (Å²) in [6, 6.07) is 3.81. The predicted molar refractivity (Wildman–Crippen MR) is 95.7 cm³/mol. The topological polar surface area (TPSA) is 110 Å². The van der Waals surface area contributed by atoms with E-state index in [-0.39, 0.29) is 24.3 Å². The molecule has 7 nitrogen and oxygen atoms in total. The van der Waals surface area contributed by atoms with Gasteiger partial charge in [-0.15, -0.1) is 0 Å². The number of aryl methyl sites for hydroxylation is 2. The Morgan fingerprint density at radius 2 is 1.88 bits per heavy atom. The molecule has 0 saturated heterocycles. The van der Waals surface area contributed by atoms with E-state index in [1.807, 2.05) is 6.07 Å². The molecular formula is C18H25NO6S. The molecule has 1 aromatic rings. The number of benzene rings is 1. The zero-order valence-electron chi connectivity index (χ0n) is 15.2. The molecule has 26 heavy (non-hydrogen) atoms. The molecule has 1 aromatic carbocycles. The van der Waals surface area contributed by atoms with E-state index < -0.39 is 32.5 Å². The van der Waals surface area contributed by atoms with Crippen LogP contribution in [-0.2, 0) is 24.2 Å². The summed E-state index contributed by atoms with van der Waals surface area (Å²) in [6.45, 7) is 3.25. The lowest BCUT2D eigenvalue weighted by Crippen LogP contribution is -2.56. The molecule has 1 fully saturated rings. The largest absolute Gasteiger partial charge is 0.480 e. The molecule has 0 radical (unpaired) electrons. The highest BCUT2D eigenvalue weighted by molar-refractivity contribution is 7.93. The fourth-order valence-electron chi connectivity index (χ4n) is 3.40. The Labute approximate surface area is 153 Å². The van der Waals surface area contributed by atoms with Crippen LogP contribution in [0.15, 0.2) is 23.1 Å².